The van der Waals surface area contributed by atoms with Gasteiger partial charge < -0.3 is 37.1 Å². The van der Waals surface area contributed by atoms with Gasteiger partial charge in [0.1, 0.15) is 36.9 Å². The van der Waals surface area contributed by atoms with Gasteiger partial charge in [0.15, 0.2) is 0 Å². The Morgan fingerprint density at radius 1 is 0.880 bits per heavy atom. The average molecular weight is 380 g/mol. The predicted molar refractivity (Wildman–Crippen MR) is 89.0 cm³/mol. The van der Waals surface area contributed by atoms with E-state index in [4.69, 9.17) is 32.4 Å². The van der Waals surface area contributed by atoms with Crippen molar-refractivity contribution in [3.8, 4) is 0 Å². The minimum Gasteiger partial charge on any atom is -0.462 e. The summed E-state index contributed by atoms with van der Waals surface area (Å²) in [5.74, 6) is -3.77. The molecular weight excluding hydrogens is 356 g/mol. The van der Waals surface area contributed by atoms with Crippen LogP contribution in [0.4, 0.5) is 0 Å². The first-order chi connectivity index (χ1) is 11.5. The van der Waals surface area contributed by atoms with Gasteiger partial charge in [0.05, 0.1) is 0 Å². The summed E-state index contributed by atoms with van der Waals surface area (Å²) in [6.07, 6.45) is -1.03. The number of esters is 4. The molecule has 0 fully saturated rings. The normalized spacial score (nSPS) is 16.8. The van der Waals surface area contributed by atoms with Crippen molar-refractivity contribution in [2.45, 2.75) is 44.1 Å². The fourth-order valence-corrected chi connectivity index (χ4v) is 1.36. The highest BCUT2D eigenvalue weighted by molar-refractivity contribution is 7.80. The number of nitrogens with two attached hydrogens (primary N) is 4. The molecule has 0 aliphatic heterocycles. The molecule has 0 spiro atoms. The highest BCUT2D eigenvalue weighted by Crippen LogP contribution is 2.02. The van der Waals surface area contributed by atoms with Crippen LogP contribution >= 0.6 is 12.6 Å². The molecule has 8 N–H and O–H groups in total. The van der Waals surface area contributed by atoms with E-state index in [0.717, 1.165) is 0 Å². The van der Waals surface area contributed by atoms with E-state index >= 15 is 0 Å². The molecule has 0 aromatic rings. The van der Waals surface area contributed by atoms with E-state index in [9.17, 15) is 19.2 Å². The van der Waals surface area contributed by atoms with Crippen LogP contribution in [-0.4, -0.2) is 66.5 Å². The van der Waals surface area contributed by atoms with Gasteiger partial charge in [-0.2, -0.15) is 12.6 Å². The lowest BCUT2D eigenvalue weighted by atomic mass is 10.2. The monoisotopic (exact) mass is 380 g/mol. The molecule has 144 valence electrons. The number of carbonyl (C=O) groups is 4. The van der Waals surface area contributed by atoms with E-state index in [1.807, 2.05) is 0 Å². The van der Waals surface area contributed by atoms with Crippen molar-refractivity contribution in [3.05, 3.63) is 0 Å². The van der Waals surface area contributed by atoms with Gasteiger partial charge in [-0.15, -0.1) is 0 Å². The summed E-state index contributed by atoms with van der Waals surface area (Å²) in [6.45, 7) is 2.10. The van der Waals surface area contributed by atoms with Crippen molar-refractivity contribution in [2.24, 2.45) is 22.9 Å². The van der Waals surface area contributed by atoms with Crippen LogP contribution in [0.25, 0.3) is 0 Å². The van der Waals surface area contributed by atoms with Gasteiger partial charge in [-0.3, -0.25) is 9.59 Å². The second kappa shape index (κ2) is 11.0. The van der Waals surface area contributed by atoms with E-state index < -0.39 is 60.8 Å². The van der Waals surface area contributed by atoms with Crippen molar-refractivity contribution >= 4 is 36.5 Å². The summed E-state index contributed by atoms with van der Waals surface area (Å²) in [6, 6.07) is -4.70. The summed E-state index contributed by atoms with van der Waals surface area (Å²) >= 11 is 3.84. The SMILES string of the molecule is C[C@H](N)C(=O)OC(=O)[C@@H](N)COC(=O)[C@@H](N)[C@@H](C)OC(=O)[C@@H](N)CS. The minimum atomic E-state index is -1.41. The molecule has 12 heteroatoms. The standard InChI is InChI=1S/C13H24N4O7S/c1-5(14)10(18)24-11(19)7(15)3-22-13(21)9(17)6(2)23-12(20)8(16)4-25/h5-9,25H,3-4,14-17H2,1-2H3/t5-,6+,7-,8-,9-/m0/s1. The van der Waals surface area contributed by atoms with Crippen molar-refractivity contribution in [1.82, 2.24) is 0 Å². The van der Waals surface area contributed by atoms with E-state index in [1.165, 1.54) is 13.8 Å². The topological polar surface area (TPSA) is 200 Å². The predicted octanol–water partition coefficient (Wildman–Crippen LogP) is -3.21. The summed E-state index contributed by atoms with van der Waals surface area (Å²) in [4.78, 5) is 45.9. The molecule has 0 rings (SSSR count). The fourth-order valence-electron chi connectivity index (χ4n) is 1.21. The molecule has 0 saturated heterocycles. The quantitative estimate of drug-likeness (QED) is 0.117. The summed E-state index contributed by atoms with van der Waals surface area (Å²) < 4.78 is 14.0. The van der Waals surface area contributed by atoms with Crippen LogP contribution in [0.1, 0.15) is 13.8 Å². The van der Waals surface area contributed by atoms with Crippen LogP contribution in [0.2, 0.25) is 0 Å². The molecule has 0 bridgehead atoms. The van der Waals surface area contributed by atoms with Crippen LogP contribution < -0.4 is 22.9 Å². The zero-order valence-corrected chi connectivity index (χ0v) is 14.8. The number of rotatable bonds is 9. The van der Waals surface area contributed by atoms with E-state index in [0.29, 0.717) is 0 Å². The van der Waals surface area contributed by atoms with Crippen LogP contribution in [0.5, 0.6) is 0 Å². The van der Waals surface area contributed by atoms with Crippen LogP contribution in [0.15, 0.2) is 0 Å². The highest BCUT2D eigenvalue weighted by Gasteiger charge is 2.29. The Morgan fingerprint density at radius 2 is 1.44 bits per heavy atom. The largest absolute Gasteiger partial charge is 0.462 e. The lowest BCUT2D eigenvalue weighted by Gasteiger charge is -2.21. The van der Waals surface area contributed by atoms with Crippen molar-refractivity contribution < 1.29 is 33.4 Å². The van der Waals surface area contributed by atoms with Crippen LogP contribution in [-0.2, 0) is 33.4 Å². The van der Waals surface area contributed by atoms with E-state index in [2.05, 4.69) is 17.4 Å². The second-order valence-corrected chi connectivity index (χ2v) is 5.59. The maximum Gasteiger partial charge on any atom is 0.334 e. The van der Waals surface area contributed by atoms with Crippen molar-refractivity contribution in [2.75, 3.05) is 12.4 Å². The molecule has 0 aromatic carbocycles. The van der Waals surface area contributed by atoms with Gasteiger partial charge in [-0.1, -0.05) is 0 Å². The Hall–Kier alpha value is -1.73. The summed E-state index contributed by atoms with van der Waals surface area (Å²) in [5.41, 5.74) is 21.7. The molecule has 0 aromatic heterocycles. The molecule has 0 aliphatic rings. The van der Waals surface area contributed by atoms with Crippen LogP contribution in [0.3, 0.4) is 0 Å². The Bertz CT molecular complexity index is 503. The third-order valence-electron chi connectivity index (χ3n) is 2.86. The molecule has 0 aliphatic carbocycles. The number of carbonyl (C=O) groups excluding carboxylic acids is 4. The third-order valence-corrected chi connectivity index (χ3v) is 3.25. The average Bonchev–Trinajstić information content (AvgIpc) is 2.56. The first-order valence-electron chi connectivity index (χ1n) is 7.27. The fraction of sp³-hybridized carbons (Fsp3) is 0.692. The summed E-state index contributed by atoms with van der Waals surface area (Å²) in [7, 11) is 0. The Morgan fingerprint density at radius 3 is 1.92 bits per heavy atom. The van der Waals surface area contributed by atoms with Gasteiger partial charge >= 0.3 is 23.9 Å². The summed E-state index contributed by atoms with van der Waals surface area (Å²) in [5, 5.41) is 0. The van der Waals surface area contributed by atoms with Crippen molar-refractivity contribution in [1.29, 1.82) is 0 Å². The molecule has 25 heavy (non-hydrogen) atoms. The Kier molecular flexibility index (Phi) is 10.2. The molecule has 0 radical (unpaired) electrons. The maximum atomic E-state index is 11.8. The molecular formula is C13H24N4O7S. The number of ether oxygens (including phenoxy) is 3. The Labute approximate surface area is 150 Å². The second-order valence-electron chi connectivity index (χ2n) is 5.22. The maximum absolute atomic E-state index is 11.8. The first kappa shape index (κ1) is 23.3. The molecule has 5 atom stereocenters. The van der Waals surface area contributed by atoms with Gasteiger partial charge in [0.25, 0.3) is 0 Å². The highest BCUT2D eigenvalue weighted by atomic mass is 32.1. The number of hydrogen-bond donors (Lipinski definition) is 5. The molecule has 0 saturated carbocycles. The van der Waals surface area contributed by atoms with E-state index in [-0.39, 0.29) is 5.75 Å². The Balaban J connectivity index is 4.41. The zero-order chi connectivity index (χ0) is 19.7. The third kappa shape index (κ3) is 8.27. The van der Waals surface area contributed by atoms with Gasteiger partial charge in [-0.05, 0) is 13.8 Å². The van der Waals surface area contributed by atoms with Crippen LogP contribution in [0, 0.1) is 0 Å². The van der Waals surface area contributed by atoms with Gasteiger partial charge in [-0.25, -0.2) is 9.59 Å². The first-order valence-corrected chi connectivity index (χ1v) is 7.90. The zero-order valence-electron chi connectivity index (χ0n) is 13.9. The lowest BCUT2D eigenvalue weighted by molar-refractivity contribution is -0.163. The molecule has 0 amide bonds. The number of hydrogen-bond acceptors (Lipinski definition) is 12. The number of thiol groups is 1. The lowest BCUT2D eigenvalue weighted by Crippen LogP contribution is -2.48. The van der Waals surface area contributed by atoms with Gasteiger partial charge in [0, 0.05) is 5.75 Å². The molecule has 0 unspecified atom stereocenters. The molecule has 0 heterocycles. The van der Waals surface area contributed by atoms with Crippen molar-refractivity contribution in [3.63, 3.8) is 0 Å². The smallest absolute Gasteiger partial charge is 0.334 e. The van der Waals surface area contributed by atoms with Gasteiger partial charge in [0.2, 0.25) is 0 Å². The van der Waals surface area contributed by atoms with E-state index in [1.54, 1.807) is 0 Å². The molecule has 11 nitrogen and oxygen atoms in total. The minimum absolute atomic E-state index is 0.0579.